The third-order valence-corrected chi connectivity index (χ3v) is 5.69. The Morgan fingerprint density at radius 2 is 1.58 bits per heavy atom. The lowest BCUT2D eigenvalue weighted by Gasteiger charge is -2.12. The molecule has 3 aromatic carbocycles. The van der Waals surface area contributed by atoms with Crippen LogP contribution in [0.4, 0.5) is 0 Å². The molecular formula is C25H18Cl3N3O2. The van der Waals surface area contributed by atoms with E-state index in [1.54, 1.807) is 30.3 Å². The first-order valence-corrected chi connectivity index (χ1v) is 11.1. The molecule has 33 heavy (non-hydrogen) atoms. The standard InChI is InChI=1S/C25H18Cl3N3O2/c26-20-9-3-1-7-18(20)16-33-24-21(27)13-17(14-22(24)28)15-29-30-25(32)19-8-2-4-10-23(19)31-11-5-6-12-31/h1-15H,16H2,(H,30,32)/b29-15-. The van der Waals surface area contributed by atoms with E-state index in [2.05, 4.69) is 10.5 Å². The van der Waals surface area contributed by atoms with Gasteiger partial charge in [-0.2, -0.15) is 5.10 Å². The molecule has 1 aromatic heterocycles. The Labute approximate surface area is 206 Å². The van der Waals surface area contributed by atoms with Crippen molar-refractivity contribution in [3.8, 4) is 11.4 Å². The fourth-order valence-corrected chi connectivity index (χ4v) is 3.97. The lowest BCUT2D eigenvalue weighted by Crippen LogP contribution is -2.19. The molecule has 4 rings (SSSR count). The zero-order valence-electron chi connectivity index (χ0n) is 17.2. The molecule has 0 fully saturated rings. The van der Waals surface area contributed by atoms with Gasteiger partial charge in [0.15, 0.2) is 5.75 Å². The number of halogens is 3. The van der Waals surface area contributed by atoms with Gasteiger partial charge < -0.3 is 9.30 Å². The fourth-order valence-electron chi connectivity index (χ4n) is 3.17. The van der Waals surface area contributed by atoms with Crippen LogP contribution in [0.15, 0.2) is 90.3 Å². The van der Waals surface area contributed by atoms with E-state index >= 15 is 0 Å². The third kappa shape index (κ3) is 5.57. The van der Waals surface area contributed by atoms with Gasteiger partial charge in [-0.3, -0.25) is 4.79 Å². The van der Waals surface area contributed by atoms with Crippen molar-refractivity contribution >= 4 is 46.9 Å². The van der Waals surface area contributed by atoms with Crippen molar-refractivity contribution in [2.45, 2.75) is 6.61 Å². The SMILES string of the molecule is O=C(N/N=C\c1cc(Cl)c(OCc2ccccc2Cl)c(Cl)c1)c1ccccc1-n1cccc1. The minimum atomic E-state index is -0.340. The van der Waals surface area contributed by atoms with E-state index in [4.69, 9.17) is 39.5 Å². The number of ether oxygens (including phenoxy) is 1. The Hall–Kier alpha value is -3.25. The highest BCUT2D eigenvalue weighted by molar-refractivity contribution is 6.37. The maximum Gasteiger partial charge on any atom is 0.273 e. The summed E-state index contributed by atoms with van der Waals surface area (Å²) in [6.07, 6.45) is 5.20. The fraction of sp³-hybridized carbons (Fsp3) is 0.0400. The summed E-state index contributed by atoms with van der Waals surface area (Å²) >= 11 is 18.9. The molecule has 0 saturated carbocycles. The van der Waals surface area contributed by atoms with Crippen LogP contribution in [0.1, 0.15) is 21.5 Å². The van der Waals surface area contributed by atoms with Gasteiger partial charge in [0.05, 0.1) is 27.5 Å². The Bertz CT molecular complexity index is 1280. The quantitative estimate of drug-likeness (QED) is 0.225. The number of nitrogens with one attached hydrogen (secondary N) is 1. The van der Waals surface area contributed by atoms with E-state index in [1.165, 1.54) is 6.21 Å². The summed E-state index contributed by atoms with van der Waals surface area (Å²) in [7, 11) is 0. The third-order valence-electron chi connectivity index (χ3n) is 4.76. The molecule has 0 aliphatic heterocycles. The topological polar surface area (TPSA) is 55.6 Å². The van der Waals surface area contributed by atoms with Crippen LogP contribution in [0.25, 0.3) is 5.69 Å². The van der Waals surface area contributed by atoms with E-state index in [9.17, 15) is 4.79 Å². The van der Waals surface area contributed by atoms with Gasteiger partial charge in [0.25, 0.3) is 5.91 Å². The van der Waals surface area contributed by atoms with E-state index in [-0.39, 0.29) is 12.5 Å². The summed E-state index contributed by atoms with van der Waals surface area (Å²) < 4.78 is 7.63. The molecule has 0 atom stereocenters. The van der Waals surface area contributed by atoms with Crippen LogP contribution in [-0.2, 0) is 6.61 Å². The maximum absolute atomic E-state index is 12.7. The van der Waals surface area contributed by atoms with Gasteiger partial charge in [-0.05, 0) is 48.0 Å². The first-order valence-electron chi connectivity index (χ1n) is 9.94. The van der Waals surface area contributed by atoms with Crippen LogP contribution in [0.5, 0.6) is 5.75 Å². The van der Waals surface area contributed by atoms with Gasteiger partial charge >= 0.3 is 0 Å². The highest BCUT2D eigenvalue weighted by atomic mass is 35.5. The van der Waals surface area contributed by atoms with Crippen molar-refractivity contribution in [2.24, 2.45) is 5.10 Å². The summed E-state index contributed by atoms with van der Waals surface area (Å²) in [5, 5.41) is 5.29. The number of aromatic nitrogens is 1. The first-order chi connectivity index (χ1) is 16.0. The average molecular weight is 499 g/mol. The molecule has 0 spiro atoms. The van der Waals surface area contributed by atoms with E-state index in [1.807, 2.05) is 59.4 Å². The molecular weight excluding hydrogens is 481 g/mol. The molecule has 0 saturated heterocycles. The zero-order chi connectivity index (χ0) is 23.2. The molecule has 0 bridgehead atoms. The molecule has 0 aliphatic rings. The van der Waals surface area contributed by atoms with E-state index < -0.39 is 0 Å². The zero-order valence-corrected chi connectivity index (χ0v) is 19.5. The van der Waals surface area contributed by atoms with Crippen LogP contribution in [0.3, 0.4) is 0 Å². The van der Waals surface area contributed by atoms with Gasteiger partial charge in [0.2, 0.25) is 0 Å². The molecule has 4 aromatic rings. The van der Waals surface area contributed by atoms with Crippen molar-refractivity contribution in [2.75, 3.05) is 0 Å². The minimum Gasteiger partial charge on any atom is -0.486 e. The minimum absolute atomic E-state index is 0.226. The first kappa shape index (κ1) is 22.9. The number of carbonyl (C=O) groups is 1. The predicted molar refractivity (Wildman–Crippen MR) is 133 cm³/mol. The number of hydrazone groups is 1. The van der Waals surface area contributed by atoms with Gasteiger partial charge in [-0.25, -0.2) is 5.43 Å². The number of amides is 1. The molecule has 5 nitrogen and oxygen atoms in total. The molecule has 1 amide bonds. The summed E-state index contributed by atoms with van der Waals surface area (Å²) in [5.74, 6) is 0.00697. The van der Waals surface area contributed by atoms with Crippen LogP contribution in [-0.4, -0.2) is 16.7 Å². The number of carbonyl (C=O) groups excluding carboxylic acids is 1. The molecule has 0 aliphatic carbocycles. The Kier molecular flexibility index (Phi) is 7.35. The Balaban J connectivity index is 1.44. The number of nitrogens with zero attached hydrogens (tertiary/aromatic N) is 2. The van der Waals surface area contributed by atoms with Crippen LogP contribution in [0, 0.1) is 0 Å². The molecule has 0 radical (unpaired) electrons. The van der Waals surface area contributed by atoms with Crippen molar-refractivity contribution in [1.29, 1.82) is 0 Å². The second-order valence-electron chi connectivity index (χ2n) is 7.00. The summed E-state index contributed by atoms with van der Waals surface area (Å²) in [6.45, 7) is 0.226. The summed E-state index contributed by atoms with van der Waals surface area (Å²) in [5.41, 5.74) is 5.21. The summed E-state index contributed by atoms with van der Waals surface area (Å²) in [4.78, 5) is 12.7. The van der Waals surface area contributed by atoms with Crippen molar-refractivity contribution in [3.63, 3.8) is 0 Å². The average Bonchev–Trinajstić information content (AvgIpc) is 3.34. The number of hydrogen-bond donors (Lipinski definition) is 1. The van der Waals surface area contributed by atoms with E-state index in [0.29, 0.717) is 31.9 Å². The van der Waals surface area contributed by atoms with Crippen LogP contribution in [0.2, 0.25) is 15.1 Å². The van der Waals surface area contributed by atoms with E-state index in [0.717, 1.165) is 11.3 Å². The monoisotopic (exact) mass is 497 g/mol. The number of hydrogen-bond acceptors (Lipinski definition) is 3. The number of benzene rings is 3. The smallest absolute Gasteiger partial charge is 0.273 e. The molecule has 0 unspecified atom stereocenters. The van der Waals surface area contributed by atoms with Gasteiger partial charge in [0, 0.05) is 23.0 Å². The molecule has 1 N–H and O–H groups in total. The Morgan fingerprint density at radius 1 is 0.909 bits per heavy atom. The van der Waals surface area contributed by atoms with Gasteiger partial charge in [-0.15, -0.1) is 0 Å². The van der Waals surface area contributed by atoms with Crippen molar-refractivity contribution in [3.05, 3.63) is 117 Å². The second-order valence-corrected chi connectivity index (χ2v) is 8.22. The Morgan fingerprint density at radius 3 is 2.30 bits per heavy atom. The van der Waals surface area contributed by atoms with Crippen molar-refractivity contribution < 1.29 is 9.53 Å². The second kappa shape index (κ2) is 10.6. The lowest BCUT2D eigenvalue weighted by atomic mass is 10.1. The largest absolute Gasteiger partial charge is 0.486 e. The lowest BCUT2D eigenvalue weighted by molar-refractivity contribution is 0.0955. The summed E-state index contributed by atoms with van der Waals surface area (Å²) in [6, 6.07) is 21.7. The van der Waals surface area contributed by atoms with Crippen LogP contribution < -0.4 is 10.2 Å². The number of para-hydroxylation sites is 1. The highest BCUT2D eigenvalue weighted by Gasteiger charge is 2.12. The highest BCUT2D eigenvalue weighted by Crippen LogP contribution is 2.34. The van der Waals surface area contributed by atoms with Gasteiger partial charge in [-0.1, -0.05) is 65.1 Å². The number of rotatable bonds is 7. The normalized spacial score (nSPS) is 11.0. The van der Waals surface area contributed by atoms with Crippen molar-refractivity contribution in [1.82, 2.24) is 9.99 Å². The molecule has 1 heterocycles. The predicted octanol–water partition coefficient (Wildman–Crippen LogP) is 6.78. The molecule has 166 valence electrons. The maximum atomic E-state index is 12.7. The van der Waals surface area contributed by atoms with Gasteiger partial charge in [0.1, 0.15) is 6.61 Å². The molecule has 8 heteroatoms. The van der Waals surface area contributed by atoms with Crippen LogP contribution >= 0.6 is 34.8 Å².